The molecule has 17 heavy (non-hydrogen) atoms. The third kappa shape index (κ3) is 4.09. The number of carbonyl (C=O) groups is 1. The van der Waals surface area contributed by atoms with Gasteiger partial charge in [-0.15, -0.1) is 0 Å². The van der Waals surface area contributed by atoms with Gasteiger partial charge in [0.2, 0.25) is 5.91 Å². The van der Waals surface area contributed by atoms with Crippen LogP contribution in [-0.2, 0) is 4.79 Å². The number of amides is 1. The molecule has 0 radical (unpaired) electrons. The second-order valence-corrected chi connectivity index (χ2v) is 5.18. The Labute approximate surface area is 109 Å². The molecule has 1 rings (SSSR count). The van der Waals surface area contributed by atoms with Crippen molar-refractivity contribution in [3.05, 3.63) is 28.5 Å². The Hall–Kier alpha value is -0.940. The summed E-state index contributed by atoms with van der Waals surface area (Å²) in [5.41, 5.74) is 5.85. The summed E-state index contributed by atoms with van der Waals surface area (Å²) in [4.78, 5) is 11.7. The van der Waals surface area contributed by atoms with Crippen molar-refractivity contribution in [3.8, 4) is 0 Å². The van der Waals surface area contributed by atoms with Crippen molar-refractivity contribution in [1.82, 2.24) is 0 Å². The summed E-state index contributed by atoms with van der Waals surface area (Å²) in [5, 5.41) is 2.50. The van der Waals surface area contributed by atoms with Gasteiger partial charge in [-0.25, -0.2) is 4.39 Å². The van der Waals surface area contributed by atoms with Gasteiger partial charge in [0.15, 0.2) is 0 Å². The summed E-state index contributed by atoms with van der Waals surface area (Å²) >= 11 is 3.18. The van der Waals surface area contributed by atoms with E-state index in [9.17, 15) is 9.18 Å². The second-order valence-electron chi connectivity index (χ2n) is 4.32. The van der Waals surface area contributed by atoms with Crippen molar-refractivity contribution in [1.29, 1.82) is 0 Å². The molecule has 1 unspecified atom stereocenters. The van der Waals surface area contributed by atoms with E-state index in [1.54, 1.807) is 12.1 Å². The molecule has 1 atom stereocenters. The van der Waals surface area contributed by atoms with Crippen LogP contribution in [0.15, 0.2) is 22.7 Å². The minimum absolute atomic E-state index is 0.136. The molecule has 1 amide bonds. The van der Waals surface area contributed by atoms with Crippen LogP contribution in [0, 0.1) is 11.7 Å². The molecule has 0 saturated heterocycles. The third-order valence-corrected chi connectivity index (χ3v) is 2.93. The van der Waals surface area contributed by atoms with Gasteiger partial charge in [0.25, 0.3) is 0 Å². The van der Waals surface area contributed by atoms with Crippen molar-refractivity contribution in [2.45, 2.75) is 26.3 Å². The van der Waals surface area contributed by atoms with Crippen LogP contribution >= 0.6 is 15.9 Å². The molecule has 5 heteroatoms. The molecule has 0 bridgehead atoms. The molecule has 0 saturated carbocycles. The van der Waals surface area contributed by atoms with E-state index >= 15 is 0 Å². The van der Waals surface area contributed by atoms with Crippen molar-refractivity contribution in [2.24, 2.45) is 11.7 Å². The lowest BCUT2D eigenvalue weighted by atomic mass is 10.0. The number of nitrogens with two attached hydrogens (primary N) is 1. The molecule has 94 valence electrons. The van der Waals surface area contributed by atoms with Crippen LogP contribution in [0.5, 0.6) is 0 Å². The zero-order chi connectivity index (χ0) is 13.0. The molecule has 0 spiro atoms. The van der Waals surface area contributed by atoms with Gasteiger partial charge in [0.1, 0.15) is 5.82 Å². The largest absolute Gasteiger partial charge is 0.321 e. The average molecular weight is 303 g/mol. The number of rotatable bonds is 4. The number of benzene rings is 1. The first kappa shape index (κ1) is 14.1. The van der Waals surface area contributed by atoms with E-state index in [-0.39, 0.29) is 11.6 Å². The van der Waals surface area contributed by atoms with E-state index in [4.69, 9.17) is 5.73 Å². The fourth-order valence-electron chi connectivity index (χ4n) is 1.45. The molecule has 3 nitrogen and oxygen atoms in total. The van der Waals surface area contributed by atoms with Crippen molar-refractivity contribution < 1.29 is 9.18 Å². The molecule has 0 aliphatic carbocycles. The van der Waals surface area contributed by atoms with Gasteiger partial charge in [-0.05, 0) is 40.4 Å². The number of para-hydroxylation sites is 1. The van der Waals surface area contributed by atoms with Crippen LogP contribution in [0.2, 0.25) is 0 Å². The number of carbonyl (C=O) groups excluding carboxylic acids is 1. The molecule has 1 aromatic rings. The molecule has 0 heterocycles. The maximum Gasteiger partial charge on any atom is 0.241 e. The molecule has 0 aliphatic rings. The fraction of sp³-hybridized carbons (Fsp3) is 0.417. The van der Waals surface area contributed by atoms with Gasteiger partial charge < -0.3 is 11.1 Å². The highest BCUT2D eigenvalue weighted by Gasteiger charge is 2.17. The molecular formula is C12H16BrFN2O. The first-order valence-electron chi connectivity index (χ1n) is 5.42. The van der Waals surface area contributed by atoms with Gasteiger partial charge in [0, 0.05) is 4.47 Å². The van der Waals surface area contributed by atoms with Gasteiger partial charge in [-0.3, -0.25) is 4.79 Å². The lowest BCUT2D eigenvalue weighted by Gasteiger charge is -2.15. The molecule has 1 aromatic carbocycles. The van der Waals surface area contributed by atoms with Crippen LogP contribution in [0.1, 0.15) is 20.3 Å². The monoisotopic (exact) mass is 302 g/mol. The standard InChI is InChI=1S/C12H16BrFN2O/c1-7(2)6-10(15)12(17)16-11-8(13)4-3-5-9(11)14/h3-5,7,10H,6,15H2,1-2H3,(H,16,17). The van der Waals surface area contributed by atoms with Crippen LogP contribution in [0.3, 0.4) is 0 Å². The lowest BCUT2D eigenvalue weighted by molar-refractivity contribution is -0.117. The Balaban J connectivity index is 2.74. The van der Waals surface area contributed by atoms with E-state index in [1.165, 1.54) is 6.07 Å². The average Bonchev–Trinajstić information content (AvgIpc) is 2.22. The van der Waals surface area contributed by atoms with E-state index in [1.807, 2.05) is 13.8 Å². The number of hydrogen-bond acceptors (Lipinski definition) is 2. The minimum Gasteiger partial charge on any atom is -0.321 e. The number of halogens is 2. The second kappa shape index (κ2) is 6.12. The highest BCUT2D eigenvalue weighted by molar-refractivity contribution is 9.10. The first-order chi connectivity index (χ1) is 7.91. The van der Waals surface area contributed by atoms with Crippen LogP contribution < -0.4 is 11.1 Å². The predicted octanol–water partition coefficient (Wildman–Crippen LogP) is 2.90. The zero-order valence-corrected chi connectivity index (χ0v) is 11.4. The van der Waals surface area contributed by atoms with Gasteiger partial charge in [-0.1, -0.05) is 19.9 Å². The highest BCUT2D eigenvalue weighted by atomic mass is 79.9. The van der Waals surface area contributed by atoms with E-state index in [2.05, 4.69) is 21.2 Å². The Morgan fingerprint density at radius 3 is 2.71 bits per heavy atom. The topological polar surface area (TPSA) is 55.1 Å². The normalized spacial score (nSPS) is 12.6. The Bertz CT molecular complexity index is 389. The Morgan fingerprint density at radius 1 is 1.53 bits per heavy atom. The first-order valence-corrected chi connectivity index (χ1v) is 6.21. The number of anilines is 1. The van der Waals surface area contributed by atoms with Crippen LogP contribution in [0.25, 0.3) is 0 Å². The van der Waals surface area contributed by atoms with Gasteiger partial charge in [-0.2, -0.15) is 0 Å². The number of nitrogens with one attached hydrogen (secondary N) is 1. The van der Waals surface area contributed by atoms with E-state index in [0.29, 0.717) is 16.8 Å². The molecule has 0 aliphatic heterocycles. The van der Waals surface area contributed by atoms with E-state index < -0.39 is 11.9 Å². The van der Waals surface area contributed by atoms with Crippen molar-refractivity contribution in [3.63, 3.8) is 0 Å². The molecule has 3 N–H and O–H groups in total. The SMILES string of the molecule is CC(C)CC(N)C(=O)Nc1c(F)cccc1Br. The summed E-state index contributed by atoms with van der Waals surface area (Å²) < 4.78 is 14.0. The third-order valence-electron chi connectivity index (χ3n) is 2.27. The quantitative estimate of drug-likeness (QED) is 0.898. The summed E-state index contributed by atoms with van der Waals surface area (Å²) in [6.45, 7) is 3.96. The number of hydrogen-bond donors (Lipinski definition) is 2. The highest BCUT2D eigenvalue weighted by Crippen LogP contribution is 2.25. The molecule has 0 fully saturated rings. The Kier molecular flexibility index (Phi) is 5.08. The van der Waals surface area contributed by atoms with Gasteiger partial charge in [0.05, 0.1) is 11.7 Å². The zero-order valence-electron chi connectivity index (χ0n) is 9.84. The van der Waals surface area contributed by atoms with Gasteiger partial charge >= 0.3 is 0 Å². The molecule has 0 aromatic heterocycles. The smallest absolute Gasteiger partial charge is 0.241 e. The summed E-state index contributed by atoms with van der Waals surface area (Å²) in [6.07, 6.45) is 0.567. The minimum atomic E-state index is -0.624. The van der Waals surface area contributed by atoms with Crippen LogP contribution in [0.4, 0.5) is 10.1 Å². The fourth-order valence-corrected chi connectivity index (χ4v) is 1.89. The Morgan fingerprint density at radius 2 is 2.18 bits per heavy atom. The van der Waals surface area contributed by atoms with Crippen molar-refractivity contribution in [2.75, 3.05) is 5.32 Å². The van der Waals surface area contributed by atoms with E-state index in [0.717, 1.165) is 0 Å². The van der Waals surface area contributed by atoms with Crippen molar-refractivity contribution >= 4 is 27.5 Å². The lowest BCUT2D eigenvalue weighted by Crippen LogP contribution is -2.36. The van der Waals surface area contributed by atoms with Crippen LogP contribution in [-0.4, -0.2) is 11.9 Å². The maximum absolute atomic E-state index is 13.5. The maximum atomic E-state index is 13.5. The molecular weight excluding hydrogens is 287 g/mol. The predicted molar refractivity (Wildman–Crippen MR) is 70.2 cm³/mol. The summed E-state index contributed by atoms with van der Waals surface area (Å²) in [7, 11) is 0. The summed E-state index contributed by atoms with van der Waals surface area (Å²) in [5.74, 6) is -0.534. The summed E-state index contributed by atoms with van der Waals surface area (Å²) in [6, 6.07) is 3.88.